The van der Waals surface area contributed by atoms with E-state index in [1.807, 2.05) is 49.4 Å². The summed E-state index contributed by atoms with van der Waals surface area (Å²) in [6.45, 7) is 3.55. The number of aryl methyl sites for hydroxylation is 2. The first-order valence-electron chi connectivity index (χ1n) is 9.72. The topological polar surface area (TPSA) is 70.7 Å². The highest BCUT2D eigenvalue weighted by atomic mass is 16.5. The van der Waals surface area contributed by atoms with E-state index >= 15 is 0 Å². The molecule has 6 nitrogen and oxygen atoms in total. The van der Waals surface area contributed by atoms with E-state index in [-0.39, 0.29) is 18.4 Å². The molecule has 0 aliphatic carbocycles. The molecule has 0 aromatic heterocycles. The number of carbonyl (C=O) groups excluding carboxylic acids is 2. The van der Waals surface area contributed by atoms with Crippen molar-refractivity contribution in [3.63, 3.8) is 0 Å². The second-order valence-corrected chi connectivity index (χ2v) is 7.02. The maximum Gasteiger partial charge on any atom is 0.257 e. The van der Waals surface area contributed by atoms with E-state index in [1.54, 1.807) is 0 Å². The summed E-state index contributed by atoms with van der Waals surface area (Å²) in [7, 11) is 0. The number of nitrogens with one attached hydrogen (secondary N) is 2. The van der Waals surface area contributed by atoms with Gasteiger partial charge in [-0.3, -0.25) is 20.4 Å². The van der Waals surface area contributed by atoms with E-state index in [0.717, 1.165) is 30.8 Å². The van der Waals surface area contributed by atoms with Gasteiger partial charge in [-0.05, 0) is 49.9 Å². The van der Waals surface area contributed by atoms with Gasteiger partial charge < -0.3 is 9.64 Å². The van der Waals surface area contributed by atoms with Crippen LogP contribution in [-0.4, -0.2) is 31.5 Å². The molecule has 1 heterocycles. The van der Waals surface area contributed by atoms with E-state index in [4.69, 9.17) is 4.74 Å². The van der Waals surface area contributed by atoms with Crippen molar-refractivity contribution in [1.82, 2.24) is 10.9 Å². The van der Waals surface area contributed by atoms with Gasteiger partial charge in [0.25, 0.3) is 5.91 Å². The van der Waals surface area contributed by atoms with E-state index in [9.17, 15) is 9.59 Å². The molecular weight excluding hydrogens is 354 g/mol. The molecule has 148 valence electrons. The minimum atomic E-state index is -0.222. The predicted molar refractivity (Wildman–Crippen MR) is 109 cm³/mol. The van der Waals surface area contributed by atoms with E-state index in [0.29, 0.717) is 19.4 Å². The molecule has 2 aromatic rings. The maximum absolute atomic E-state index is 12.2. The number of hydrogen-bond donors (Lipinski definition) is 2. The van der Waals surface area contributed by atoms with Crippen molar-refractivity contribution in [2.45, 2.75) is 32.6 Å². The van der Waals surface area contributed by atoms with Gasteiger partial charge in [-0.1, -0.05) is 35.9 Å². The number of carbonyl (C=O) groups is 2. The largest absolute Gasteiger partial charge is 0.494 e. The Kier molecular flexibility index (Phi) is 6.89. The molecule has 0 atom stereocenters. The van der Waals surface area contributed by atoms with Gasteiger partial charge in [0.1, 0.15) is 5.75 Å². The molecule has 0 saturated carbocycles. The lowest BCUT2D eigenvalue weighted by atomic mass is 10.0. The number of hydrogen-bond acceptors (Lipinski definition) is 4. The summed E-state index contributed by atoms with van der Waals surface area (Å²) >= 11 is 0. The number of nitrogens with zero attached hydrogens (tertiary/aromatic N) is 1. The molecular formula is C22H27N3O3. The Balaban J connectivity index is 1.33. The van der Waals surface area contributed by atoms with Gasteiger partial charge in [0, 0.05) is 18.7 Å². The third-order valence-corrected chi connectivity index (χ3v) is 4.72. The number of hydrazine groups is 1. The van der Waals surface area contributed by atoms with Crippen LogP contribution in [0.1, 0.15) is 30.4 Å². The molecule has 3 rings (SSSR count). The standard InChI is InChI=1S/C22H27N3O3/c1-17-10-12-19(13-11-17)28-15-5-9-21(26)23-24-22(27)16-25-14-4-7-18-6-2-3-8-20(18)25/h2-3,6,8,10-13H,4-5,7,9,14-16H2,1H3,(H,23,26)(H,24,27). The van der Waals surface area contributed by atoms with Crippen LogP contribution in [0, 0.1) is 6.92 Å². The molecule has 0 radical (unpaired) electrons. The fourth-order valence-electron chi connectivity index (χ4n) is 3.25. The number of fused-ring (bicyclic) bond motifs is 1. The van der Waals surface area contributed by atoms with Gasteiger partial charge in [0.15, 0.2) is 0 Å². The Hall–Kier alpha value is -3.02. The zero-order valence-electron chi connectivity index (χ0n) is 16.2. The molecule has 28 heavy (non-hydrogen) atoms. The monoisotopic (exact) mass is 381 g/mol. The molecule has 0 spiro atoms. The number of benzene rings is 2. The summed E-state index contributed by atoms with van der Waals surface area (Å²) in [4.78, 5) is 26.1. The Morgan fingerprint density at radius 1 is 1.04 bits per heavy atom. The molecule has 0 unspecified atom stereocenters. The van der Waals surface area contributed by atoms with Crippen LogP contribution >= 0.6 is 0 Å². The zero-order chi connectivity index (χ0) is 19.8. The molecule has 2 N–H and O–H groups in total. The fraction of sp³-hybridized carbons (Fsp3) is 0.364. The first-order chi connectivity index (χ1) is 13.6. The van der Waals surface area contributed by atoms with Gasteiger partial charge in [0.05, 0.1) is 13.2 Å². The number of amides is 2. The summed E-state index contributed by atoms with van der Waals surface area (Å²) in [5, 5.41) is 0. The molecule has 0 saturated heterocycles. The lowest BCUT2D eigenvalue weighted by Crippen LogP contribution is -2.47. The van der Waals surface area contributed by atoms with Crippen LogP contribution in [0.2, 0.25) is 0 Å². The lowest BCUT2D eigenvalue weighted by molar-refractivity contribution is -0.128. The van der Waals surface area contributed by atoms with E-state index in [1.165, 1.54) is 11.1 Å². The Labute approximate surface area is 165 Å². The molecule has 0 fully saturated rings. The highest BCUT2D eigenvalue weighted by Crippen LogP contribution is 2.26. The van der Waals surface area contributed by atoms with E-state index in [2.05, 4.69) is 21.8 Å². The van der Waals surface area contributed by atoms with Crippen LogP contribution in [0.4, 0.5) is 5.69 Å². The SMILES string of the molecule is Cc1ccc(OCCCC(=O)NNC(=O)CN2CCCc3ccccc32)cc1. The van der Waals surface area contributed by atoms with Crippen molar-refractivity contribution in [1.29, 1.82) is 0 Å². The summed E-state index contributed by atoms with van der Waals surface area (Å²) in [5.41, 5.74) is 8.53. The first-order valence-corrected chi connectivity index (χ1v) is 9.72. The smallest absolute Gasteiger partial charge is 0.257 e. The van der Waals surface area contributed by atoms with Crippen molar-refractivity contribution in [2.75, 3.05) is 24.6 Å². The van der Waals surface area contributed by atoms with Crippen molar-refractivity contribution in [2.24, 2.45) is 0 Å². The average molecular weight is 381 g/mol. The summed E-state index contributed by atoms with van der Waals surface area (Å²) in [6, 6.07) is 15.9. The maximum atomic E-state index is 12.2. The molecule has 1 aliphatic rings. The average Bonchev–Trinajstić information content (AvgIpc) is 2.71. The van der Waals surface area contributed by atoms with Crippen molar-refractivity contribution >= 4 is 17.5 Å². The third-order valence-electron chi connectivity index (χ3n) is 4.72. The second kappa shape index (κ2) is 9.78. The van der Waals surface area contributed by atoms with Crippen molar-refractivity contribution < 1.29 is 14.3 Å². The Morgan fingerprint density at radius 3 is 2.61 bits per heavy atom. The quantitative estimate of drug-likeness (QED) is 0.572. The Bertz CT molecular complexity index is 805. The minimum Gasteiger partial charge on any atom is -0.494 e. The number of para-hydroxylation sites is 1. The van der Waals surface area contributed by atoms with Crippen LogP contribution in [-0.2, 0) is 16.0 Å². The van der Waals surface area contributed by atoms with Crippen molar-refractivity contribution in [3.05, 3.63) is 59.7 Å². The number of anilines is 1. The van der Waals surface area contributed by atoms with Crippen molar-refractivity contribution in [3.8, 4) is 5.75 Å². The first kappa shape index (κ1) is 19.7. The predicted octanol–water partition coefficient (Wildman–Crippen LogP) is 2.75. The molecule has 1 aliphatic heterocycles. The minimum absolute atomic E-state index is 0.221. The van der Waals surface area contributed by atoms with E-state index < -0.39 is 0 Å². The molecule has 2 aromatic carbocycles. The molecule has 0 bridgehead atoms. The second-order valence-electron chi connectivity index (χ2n) is 7.02. The van der Waals surface area contributed by atoms with Crippen LogP contribution in [0.5, 0.6) is 5.75 Å². The Morgan fingerprint density at radius 2 is 1.79 bits per heavy atom. The fourth-order valence-corrected chi connectivity index (χ4v) is 3.25. The zero-order valence-corrected chi connectivity index (χ0v) is 16.2. The van der Waals surface area contributed by atoms with Gasteiger partial charge in [-0.2, -0.15) is 0 Å². The van der Waals surface area contributed by atoms with Gasteiger partial charge in [0.2, 0.25) is 5.91 Å². The van der Waals surface area contributed by atoms with Crippen LogP contribution in [0.15, 0.2) is 48.5 Å². The van der Waals surface area contributed by atoms with Gasteiger partial charge >= 0.3 is 0 Å². The number of rotatable bonds is 7. The number of ether oxygens (including phenoxy) is 1. The summed E-state index contributed by atoms with van der Waals surface area (Å²) in [5.74, 6) is 0.349. The van der Waals surface area contributed by atoms with Crippen LogP contribution in [0.25, 0.3) is 0 Å². The molecule has 2 amide bonds. The summed E-state index contributed by atoms with van der Waals surface area (Å²) < 4.78 is 5.60. The van der Waals surface area contributed by atoms with Gasteiger partial charge in [-0.25, -0.2) is 0 Å². The highest BCUT2D eigenvalue weighted by Gasteiger charge is 2.18. The normalized spacial score (nSPS) is 12.8. The van der Waals surface area contributed by atoms with Gasteiger partial charge in [-0.15, -0.1) is 0 Å². The van der Waals surface area contributed by atoms with Crippen LogP contribution in [0.3, 0.4) is 0 Å². The molecule has 6 heteroatoms. The summed E-state index contributed by atoms with van der Waals surface area (Å²) in [6.07, 6.45) is 2.93. The lowest BCUT2D eigenvalue weighted by Gasteiger charge is -2.30. The van der Waals surface area contributed by atoms with Crippen LogP contribution < -0.4 is 20.5 Å². The highest BCUT2D eigenvalue weighted by molar-refractivity contribution is 5.85. The third kappa shape index (κ3) is 5.74.